The largest absolute Gasteiger partial charge is 0.417 e. The smallest absolute Gasteiger partial charge is 0.353 e. The second-order valence-corrected chi connectivity index (χ2v) is 8.16. The molecule has 4 heterocycles. The van der Waals surface area contributed by atoms with Crippen LogP contribution in [0.5, 0.6) is 0 Å². The van der Waals surface area contributed by atoms with Gasteiger partial charge in [-0.15, -0.1) is 0 Å². The molecule has 154 valence electrons. The number of halogens is 4. The zero-order chi connectivity index (χ0) is 20.8. The summed E-state index contributed by atoms with van der Waals surface area (Å²) in [7, 11) is 0. The van der Waals surface area contributed by atoms with Crippen molar-refractivity contribution < 1.29 is 13.2 Å². The molecule has 1 aliphatic heterocycles. The summed E-state index contributed by atoms with van der Waals surface area (Å²) in [5, 5.41) is 5.10. The van der Waals surface area contributed by atoms with Crippen molar-refractivity contribution in [1.82, 2.24) is 24.5 Å². The first kappa shape index (κ1) is 20.0. The molecule has 3 aromatic rings. The van der Waals surface area contributed by atoms with Crippen LogP contribution in [0, 0.1) is 6.92 Å². The Hall–Kier alpha value is -2.24. The Labute approximate surface area is 172 Å². The minimum Gasteiger partial charge on any atom is -0.353 e. The average Bonchev–Trinajstić information content (AvgIpc) is 3.04. The molecule has 1 aliphatic rings. The fraction of sp³-hybridized carbons (Fsp3) is 0.412. The molecule has 3 aromatic heterocycles. The first-order chi connectivity index (χ1) is 13.7. The van der Waals surface area contributed by atoms with E-state index >= 15 is 0 Å². The van der Waals surface area contributed by atoms with Gasteiger partial charge < -0.3 is 4.90 Å². The van der Waals surface area contributed by atoms with Gasteiger partial charge >= 0.3 is 6.18 Å². The second kappa shape index (κ2) is 7.54. The number of piperazine rings is 1. The second-order valence-electron chi connectivity index (χ2n) is 6.72. The number of hydrogen-bond acceptors (Lipinski definition) is 7. The van der Waals surface area contributed by atoms with Crippen molar-refractivity contribution in [3.63, 3.8) is 0 Å². The quantitative estimate of drug-likeness (QED) is 0.619. The molecule has 12 heteroatoms. The van der Waals surface area contributed by atoms with Crippen molar-refractivity contribution in [1.29, 1.82) is 0 Å². The van der Waals surface area contributed by atoms with Crippen molar-refractivity contribution in [2.24, 2.45) is 0 Å². The van der Waals surface area contributed by atoms with E-state index in [0.717, 1.165) is 17.3 Å². The van der Waals surface area contributed by atoms with E-state index in [1.54, 1.807) is 6.92 Å². The third-order valence-corrected chi connectivity index (χ3v) is 5.77. The van der Waals surface area contributed by atoms with Crippen LogP contribution in [0.15, 0.2) is 23.1 Å². The van der Waals surface area contributed by atoms with Crippen LogP contribution in [0.4, 0.5) is 19.0 Å². The van der Waals surface area contributed by atoms with E-state index in [9.17, 15) is 18.0 Å². The van der Waals surface area contributed by atoms with Gasteiger partial charge in [0.25, 0.3) is 5.56 Å². The maximum absolute atomic E-state index is 12.8. The third kappa shape index (κ3) is 4.21. The minimum atomic E-state index is -4.47. The van der Waals surface area contributed by atoms with Gasteiger partial charge in [0.1, 0.15) is 10.8 Å². The standard InChI is InChI=1S/C17H16ClF3N6OS/c1-10-6-14(28)27-16(23-10)29-13(24-27)9-25-2-4-26(5-3-25)15-12(18)7-11(8-22-15)17(19,20)21/h6-8H,2-5,9H2,1H3. The van der Waals surface area contributed by atoms with Crippen molar-refractivity contribution >= 4 is 33.7 Å². The van der Waals surface area contributed by atoms with Crippen LogP contribution in [0.3, 0.4) is 0 Å². The maximum Gasteiger partial charge on any atom is 0.417 e. The molecule has 0 aliphatic carbocycles. The Morgan fingerprint density at radius 1 is 1.21 bits per heavy atom. The number of alkyl halides is 3. The molecule has 0 amide bonds. The molecule has 0 aromatic carbocycles. The fourth-order valence-corrected chi connectivity index (χ4v) is 4.42. The summed E-state index contributed by atoms with van der Waals surface area (Å²) in [4.78, 5) is 24.8. The predicted octanol–water partition coefficient (Wildman–Crippen LogP) is 2.85. The number of aromatic nitrogens is 4. The average molecular weight is 445 g/mol. The third-order valence-electron chi connectivity index (χ3n) is 4.59. The Bertz CT molecular complexity index is 1110. The normalized spacial score (nSPS) is 16.0. The van der Waals surface area contributed by atoms with Crippen molar-refractivity contribution in [3.05, 3.63) is 50.0 Å². The lowest BCUT2D eigenvalue weighted by Gasteiger charge is -2.35. The van der Waals surface area contributed by atoms with Gasteiger partial charge in [0.15, 0.2) is 0 Å². The highest BCUT2D eigenvalue weighted by molar-refractivity contribution is 7.16. The molecular formula is C17H16ClF3N6OS. The molecule has 0 saturated carbocycles. The fourth-order valence-electron chi connectivity index (χ4n) is 3.15. The lowest BCUT2D eigenvalue weighted by atomic mass is 10.2. The van der Waals surface area contributed by atoms with Gasteiger partial charge in [-0.2, -0.15) is 22.8 Å². The topological polar surface area (TPSA) is 66.6 Å². The van der Waals surface area contributed by atoms with Crippen LogP contribution in [0.1, 0.15) is 16.3 Å². The SMILES string of the molecule is Cc1cc(=O)n2nc(CN3CCN(c4ncc(C(F)(F)F)cc4Cl)CC3)sc2n1. The van der Waals surface area contributed by atoms with Crippen LogP contribution < -0.4 is 10.5 Å². The van der Waals surface area contributed by atoms with Crippen LogP contribution in [0.2, 0.25) is 5.02 Å². The van der Waals surface area contributed by atoms with E-state index in [1.165, 1.54) is 21.9 Å². The summed E-state index contributed by atoms with van der Waals surface area (Å²) in [5.41, 5.74) is -0.414. The summed E-state index contributed by atoms with van der Waals surface area (Å²) in [6.45, 7) is 4.79. The van der Waals surface area contributed by atoms with Gasteiger partial charge in [-0.05, 0) is 13.0 Å². The number of fused-ring (bicyclic) bond motifs is 1. The van der Waals surface area contributed by atoms with Crippen molar-refractivity contribution in [2.45, 2.75) is 19.6 Å². The molecule has 0 unspecified atom stereocenters. The van der Waals surface area contributed by atoms with Crippen molar-refractivity contribution in [2.75, 3.05) is 31.1 Å². The first-order valence-electron chi connectivity index (χ1n) is 8.77. The zero-order valence-corrected chi connectivity index (χ0v) is 16.9. The van der Waals surface area contributed by atoms with E-state index in [0.29, 0.717) is 49.2 Å². The number of aryl methyl sites for hydroxylation is 1. The summed E-state index contributed by atoms with van der Waals surface area (Å²) < 4.78 is 39.6. The Morgan fingerprint density at radius 2 is 1.93 bits per heavy atom. The van der Waals surface area contributed by atoms with Gasteiger partial charge in [-0.1, -0.05) is 22.9 Å². The van der Waals surface area contributed by atoms with Gasteiger partial charge in [0.05, 0.1) is 17.1 Å². The lowest BCUT2D eigenvalue weighted by molar-refractivity contribution is -0.137. The molecule has 4 rings (SSSR count). The lowest BCUT2D eigenvalue weighted by Crippen LogP contribution is -2.46. The van der Waals surface area contributed by atoms with Crippen LogP contribution in [-0.2, 0) is 12.7 Å². The molecule has 29 heavy (non-hydrogen) atoms. The number of pyridine rings is 1. The van der Waals surface area contributed by atoms with E-state index < -0.39 is 11.7 Å². The van der Waals surface area contributed by atoms with Gasteiger partial charge in [-0.25, -0.2) is 9.97 Å². The monoisotopic (exact) mass is 444 g/mol. The van der Waals surface area contributed by atoms with E-state index in [2.05, 4.69) is 20.0 Å². The molecule has 1 fully saturated rings. The number of hydrogen-bond donors (Lipinski definition) is 0. The molecule has 0 bridgehead atoms. The summed E-state index contributed by atoms with van der Waals surface area (Å²) >= 11 is 7.41. The number of rotatable bonds is 3. The first-order valence-corrected chi connectivity index (χ1v) is 9.96. The van der Waals surface area contributed by atoms with E-state index in [4.69, 9.17) is 11.6 Å². The minimum absolute atomic E-state index is 0.0136. The Balaban J connectivity index is 1.42. The van der Waals surface area contributed by atoms with Gasteiger partial charge in [0, 0.05) is 44.1 Å². The molecule has 7 nitrogen and oxygen atoms in total. The Kier molecular flexibility index (Phi) is 5.21. The summed E-state index contributed by atoms with van der Waals surface area (Å²) in [6.07, 6.45) is -3.66. The van der Waals surface area contributed by atoms with Crippen LogP contribution in [-0.4, -0.2) is 50.7 Å². The predicted molar refractivity (Wildman–Crippen MR) is 104 cm³/mol. The zero-order valence-electron chi connectivity index (χ0n) is 15.3. The summed E-state index contributed by atoms with van der Waals surface area (Å²) in [5.74, 6) is 0.352. The van der Waals surface area contributed by atoms with E-state index in [1.807, 2.05) is 4.90 Å². The number of anilines is 1. The molecule has 0 radical (unpaired) electrons. The summed E-state index contributed by atoms with van der Waals surface area (Å²) in [6, 6.07) is 2.35. The van der Waals surface area contributed by atoms with Crippen LogP contribution >= 0.6 is 22.9 Å². The molecule has 0 atom stereocenters. The maximum atomic E-state index is 12.8. The molecule has 0 spiro atoms. The highest BCUT2D eigenvalue weighted by Gasteiger charge is 2.32. The van der Waals surface area contributed by atoms with Gasteiger partial charge in [0.2, 0.25) is 4.96 Å². The molecular weight excluding hydrogens is 429 g/mol. The molecule has 1 saturated heterocycles. The van der Waals surface area contributed by atoms with Crippen molar-refractivity contribution in [3.8, 4) is 0 Å². The highest BCUT2D eigenvalue weighted by atomic mass is 35.5. The van der Waals surface area contributed by atoms with Crippen LogP contribution in [0.25, 0.3) is 4.96 Å². The highest BCUT2D eigenvalue weighted by Crippen LogP contribution is 2.33. The number of nitrogens with zero attached hydrogens (tertiary/aromatic N) is 6. The van der Waals surface area contributed by atoms with E-state index in [-0.39, 0.29) is 10.6 Å². The van der Waals surface area contributed by atoms with Gasteiger partial charge in [-0.3, -0.25) is 9.69 Å². The Morgan fingerprint density at radius 3 is 2.59 bits per heavy atom. The molecule has 0 N–H and O–H groups in total.